The zero-order chi connectivity index (χ0) is 12.5. The molecule has 0 N–H and O–H groups in total. The molecule has 0 unspecified atom stereocenters. The highest BCUT2D eigenvalue weighted by atomic mass is 79.9. The third kappa shape index (κ3) is 3.29. The first-order chi connectivity index (χ1) is 7.20. The molecule has 0 atom stereocenters. The summed E-state index contributed by atoms with van der Waals surface area (Å²) in [4.78, 5) is 3.10. The van der Waals surface area contributed by atoms with E-state index in [-0.39, 0.29) is 10.0 Å². The number of pyridine rings is 1. The molecule has 1 aromatic heterocycles. The van der Waals surface area contributed by atoms with Crippen molar-refractivity contribution in [3.05, 3.63) is 21.8 Å². The Bertz CT molecular complexity index is 393. The molecular formula is C8H5BrF5NO. The van der Waals surface area contributed by atoms with Crippen LogP contribution in [0.5, 0.6) is 5.88 Å². The van der Waals surface area contributed by atoms with Gasteiger partial charge in [-0.25, -0.2) is 13.8 Å². The Morgan fingerprint density at radius 2 is 1.94 bits per heavy atom. The molecule has 0 spiro atoms. The van der Waals surface area contributed by atoms with Crippen molar-refractivity contribution in [3.8, 4) is 5.88 Å². The molecule has 1 aromatic rings. The lowest BCUT2D eigenvalue weighted by molar-refractivity contribution is -0.276. The first-order valence-electron chi connectivity index (χ1n) is 3.91. The molecule has 2 nitrogen and oxygen atoms in total. The van der Waals surface area contributed by atoms with Gasteiger partial charge in [0.2, 0.25) is 5.88 Å². The average Bonchev–Trinajstić information content (AvgIpc) is 2.07. The second-order valence-electron chi connectivity index (χ2n) is 2.80. The Labute approximate surface area is 95.6 Å². The van der Waals surface area contributed by atoms with E-state index in [0.29, 0.717) is 0 Å². The van der Waals surface area contributed by atoms with Crippen LogP contribution in [0.25, 0.3) is 0 Å². The van der Waals surface area contributed by atoms with Crippen LogP contribution in [0.4, 0.5) is 22.0 Å². The van der Waals surface area contributed by atoms with Crippen LogP contribution in [0, 0.1) is 6.92 Å². The number of alkyl halides is 5. The van der Waals surface area contributed by atoms with Crippen molar-refractivity contribution in [2.75, 3.05) is 0 Å². The molecule has 1 rings (SSSR count). The second kappa shape index (κ2) is 4.52. The number of hydrogen-bond acceptors (Lipinski definition) is 2. The van der Waals surface area contributed by atoms with Gasteiger partial charge in [-0.05, 0) is 12.5 Å². The van der Waals surface area contributed by atoms with Crippen molar-refractivity contribution in [3.63, 3.8) is 0 Å². The van der Waals surface area contributed by atoms with E-state index in [2.05, 4.69) is 25.7 Å². The van der Waals surface area contributed by atoms with Gasteiger partial charge in [-0.2, -0.15) is 0 Å². The van der Waals surface area contributed by atoms with Crippen LogP contribution < -0.4 is 4.74 Å². The summed E-state index contributed by atoms with van der Waals surface area (Å²) < 4.78 is 63.9. The third-order valence-electron chi connectivity index (χ3n) is 1.65. The number of hydrogen-bond donors (Lipinski definition) is 0. The van der Waals surface area contributed by atoms with Gasteiger partial charge >= 0.3 is 6.36 Å². The Morgan fingerprint density at radius 1 is 1.38 bits per heavy atom. The van der Waals surface area contributed by atoms with Crippen LogP contribution in [-0.4, -0.2) is 11.3 Å². The van der Waals surface area contributed by atoms with Crippen molar-refractivity contribution in [2.45, 2.75) is 19.7 Å². The van der Waals surface area contributed by atoms with Crippen LogP contribution >= 0.6 is 15.9 Å². The van der Waals surface area contributed by atoms with Gasteiger partial charge in [-0.15, -0.1) is 13.2 Å². The smallest absolute Gasteiger partial charge is 0.388 e. The van der Waals surface area contributed by atoms with Crippen molar-refractivity contribution in [1.82, 2.24) is 4.98 Å². The molecule has 0 aliphatic rings. The number of halogens is 6. The molecule has 0 saturated carbocycles. The molecule has 0 bridgehead atoms. The highest BCUT2D eigenvalue weighted by Gasteiger charge is 2.32. The molecule has 0 saturated heterocycles. The van der Waals surface area contributed by atoms with E-state index in [4.69, 9.17) is 0 Å². The minimum atomic E-state index is -4.96. The third-order valence-corrected chi connectivity index (χ3v) is 2.47. The van der Waals surface area contributed by atoms with Crippen LogP contribution in [0.3, 0.4) is 0 Å². The molecule has 0 fully saturated rings. The number of nitrogens with zero attached hydrogens (tertiary/aromatic N) is 1. The van der Waals surface area contributed by atoms with E-state index in [0.717, 1.165) is 6.07 Å². The predicted octanol–water partition coefficient (Wildman–Crippen LogP) is 3.99. The van der Waals surface area contributed by atoms with Gasteiger partial charge in [-0.3, -0.25) is 0 Å². The fourth-order valence-electron chi connectivity index (χ4n) is 0.957. The molecule has 0 radical (unpaired) electrons. The first kappa shape index (κ1) is 13.1. The summed E-state index contributed by atoms with van der Waals surface area (Å²) in [6.45, 7) is 1.32. The van der Waals surface area contributed by atoms with Crippen molar-refractivity contribution < 1.29 is 26.7 Å². The summed E-state index contributed by atoms with van der Waals surface area (Å²) in [5, 5.41) is 0. The lowest BCUT2D eigenvalue weighted by Crippen LogP contribution is -2.18. The molecule has 90 valence electrons. The summed E-state index contributed by atoms with van der Waals surface area (Å²) in [7, 11) is 0. The molecular weight excluding hydrogens is 301 g/mol. The van der Waals surface area contributed by atoms with Gasteiger partial charge in [0, 0.05) is 10.5 Å². The first-order valence-corrected chi connectivity index (χ1v) is 4.71. The van der Waals surface area contributed by atoms with Crippen LogP contribution in [0.1, 0.15) is 17.7 Å². The molecule has 0 aliphatic carbocycles. The van der Waals surface area contributed by atoms with Crippen LogP contribution in [0.15, 0.2) is 10.5 Å². The summed E-state index contributed by atoms with van der Waals surface area (Å²) in [6, 6.07) is 0.884. The largest absolute Gasteiger partial charge is 0.574 e. The van der Waals surface area contributed by atoms with E-state index in [1.54, 1.807) is 0 Å². The normalized spacial score (nSPS) is 12.0. The van der Waals surface area contributed by atoms with Crippen molar-refractivity contribution >= 4 is 15.9 Å². The average molecular weight is 306 g/mol. The van der Waals surface area contributed by atoms with Crippen molar-refractivity contribution in [1.29, 1.82) is 0 Å². The monoisotopic (exact) mass is 305 g/mol. The van der Waals surface area contributed by atoms with Crippen LogP contribution in [-0.2, 0) is 0 Å². The number of aromatic nitrogens is 1. The molecule has 0 amide bonds. The number of ether oxygens (including phenoxy) is 1. The molecule has 8 heteroatoms. The summed E-state index contributed by atoms with van der Waals surface area (Å²) in [5.41, 5.74) is -0.668. The van der Waals surface area contributed by atoms with Crippen LogP contribution in [0.2, 0.25) is 0 Å². The lowest BCUT2D eigenvalue weighted by Gasteiger charge is -2.11. The summed E-state index contributed by atoms with van der Waals surface area (Å²) >= 11 is 2.85. The van der Waals surface area contributed by atoms with Gasteiger partial charge in [0.15, 0.2) is 0 Å². The molecule has 16 heavy (non-hydrogen) atoms. The minimum Gasteiger partial charge on any atom is -0.388 e. The minimum absolute atomic E-state index is 0.0736. The fourth-order valence-corrected chi connectivity index (χ4v) is 1.36. The fraction of sp³-hybridized carbons (Fsp3) is 0.375. The maximum absolute atomic E-state index is 12.4. The quantitative estimate of drug-likeness (QED) is 0.771. The van der Waals surface area contributed by atoms with Gasteiger partial charge < -0.3 is 4.74 Å². The molecule has 0 aromatic carbocycles. The Balaban J connectivity index is 3.14. The Morgan fingerprint density at radius 3 is 2.38 bits per heavy atom. The standard InChI is InChI=1S/C8H5BrF5NO/c1-3-4(9)2-5(16-8(12,13)14)15-6(3)7(10)11/h2,7H,1H3. The van der Waals surface area contributed by atoms with E-state index in [1.165, 1.54) is 6.92 Å². The van der Waals surface area contributed by atoms with Gasteiger partial charge in [0.25, 0.3) is 6.43 Å². The highest BCUT2D eigenvalue weighted by molar-refractivity contribution is 9.10. The van der Waals surface area contributed by atoms with Gasteiger partial charge in [0.05, 0.1) is 0 Å². The van der Waals surface area contributed by atoms with E-state index in [1.807, 2.05) is 0 Å². The van der Waals surface area contributed by atoms with Gasteiger partial charge in [-0.1, -0.05) is 15.9 Å². The Kier molecular flexibility index (Phi) is 3.72. The van der Waals surface area contributed by atoms with E-state index in [9.17, 15) is 22.0 Å². The maximum Gasteiger partial charge on any atom is 0.574 e. The highest BCUT2D eigenvalue weighted by Crippen LogP contribution is 2.31. The predicted molar refractivity (Wildman–Crippen MR) is 48.3 cm³/mol. The second-order valence-corrected chi connectivity index (χ2v) is 3.66. The maximum atomic E-state index is 12.4. The molecule has 1 heterocycles. The van der Waals surface area contributed by atoms with Gasteiger partial charge in [0.1, 0.15) is 5.69 Å². The topological polar surface area (TPSA) is 22.1 Å². The summed E-state index contributed by atoms with van der Waals surface area (Å²) in [6.07, 6.45) is -7.92. The lowest BCUT2D eigenvalue weighted by atomic mass is 10.2. The summed E-state index contributed by atoms with van der Waals surface area (Å²) in [5.74, 6) is -0.916. The Hall–Kier alpha value is -0.920. The van der Waals surface area contributed by atoms with Crippen molar-refractivity contribution in [2.24, 2.45) is 0 Å². The van der Waals surface area contributed by atoms with E-state index >= 15 is 0 Å². The molecule has 0 aliphatic heterocycles. The van der Waals surface area contributed by atoms with E-state index < -0.39 is 24.4 Å². The zero-order valence-electron chi connectivity index (χ0n) is 7.78. The SMILES string of the molecule is Cc1c(Br)cc(OC(F)(F)F)nc1C(F)F. The zero-order valence-corrected chi connectivity index (χ0v) is 9.36. The number of rotatable bonds is 2.